The average molecular weight is 387 g/mol. The lowest BCUT2D eigenvalue weighted by Crippen LogP contribution is -2.15. The molecule has 0 aliphatic carbocycles. The summed E-state index contributed by atoms with van der Waals surface area (Å²) in [5.74, 6) is -0.668. The van der Waals surface area contributed by atoms with Gasteiger partial charge >= 0.3 is 5.97 Å². The van der Waals surface area contributed by atoms with Crippen LogP contribution in [0.25, 0.3) is 0 Å². The lowest BCUT2D eigenvalue weighted by molar-refractivity contribution is 0.0602. The van der Waals surface area contributed by atoms with Crippen LogP contribution in [0.1, 0.15) is 20.8 Å². The van der Waals surface area contributed by atoms with Gasteiger partial charge in [-0.05, 0) is 41.1 Å². The van der Waals surface area contributed by atoms with Crippen molar-refractivity contribution < 1.29 is 17.9 Å². The highest BCUT2D eigenvalue weighted by atomic mass is 32.2. The first-order valence-electron chi connectivity index (χ1n) is 7.81. The summed E-state index contributed by atoms with van der Waals surface area (Å²) in [4.78, 5) is 11.7. The quantitative estimate of drug-likeness (QED) is 0.651. The van der Waals surface area contributed by atoms with Crippen molar-refractivity contribution in [3.63, 3.8) is 0 Å². The van der Waals surface area contributed by atoms with Gasteiger partial charge in [-0.25, -0.2) is 13.2 Å². The van der Waals surface area contributed by atoms with Crippen molar-refractivity contribution in [3.8, 4) is 0 Å². The van der Waals surface area contributed by atoms with E-state index in [0.717, 1.165) is 22.5 Å². The minimum absolute atomic E-state index is 0.0560. The maximum Gasteiger partial charge on any atom is 0.349 e. The summed E-state index contributed by atoms with van der Waals surface area (Å²) in [5.41, 5.74) is 2.56. The predicted octanol–water partition coefficient (Wildman–Crippen LogP) is 3.93. The van der Waals surface area contributed by atoms with E-state index in [2.05, 4.69) is 9.46 Å². The predicted molar refractivity (Wildman–Crippen MR) is 102 cm³/mol. The number of carbonyl (C=O) groups excluding carboxylic acids is 1. The third kappa shape index (κ3) is 4.12. The summed E-state index contributed by atoms with van der Waals surface area (Å²) in [5, 5.41) is 1.55. The Morgan fingerprint density at radius 3 is 2.50 bits per heavy atom. The molecule has 1 N–H and O–H groups in total. The Bertz CT molecular complexity index is 1010. The zero-order valence-corrected chi connectivity index (χ0v) is 15.6. The Morgan fingerprint density at radius 2 is 1.77 bits per heavy atom. The van der Waals surface area contributed by atoms with E-state index in [0.29, 0.717) is 12.1 Å². The largest absolute Gasteiger partial charge is 0.465 e. The van der Waals surface area contributed by atoms with E-state index in [1.807, 2.05) is 36.4 Å². The monoisotopic (exact) mass is 387 g/mol. The Hall–Kier alpha value is -2.64. The number of sulfonamides is 1. The van der Waals surface area contributed by atoms with Crippen LogP contribution in [0.3, 0.4) is 0 Å². The minimum Gasteiger partial charge on any atom is -0.465 e. The van der Waals surface area contributed by atoms with E-state index in [-0.39, 0.29) is 9.77 Å². The lowest BCUT2D eigenvalue weighted by Gasteiger charge is -2.10. The molecule has 0 saturated carbocycles. The lowest BCUT2D eigenvalue weighted by atomic mass is 10.0. The van der Waals surface area contributed by atoms with Gasteiger partial charge in [-0.15, -0.1) is 11.3 Å². The second-order valence-corrected chi connectivity index (χ2v) is 8.14. The number of esters is 1. The van der Waals surface area contributed by atoms with E-state index in [1.54, 1.807) is 23.6 Å². The molecule has 0 saturated heterocycles. The standard InChI is InChI=1S/C19H17NO4S2/c1-24-19(21)18-17(10-11-25-18)26(22,23)20-16-9-5-8-15(13-16)12-14-6-3-2-4-7-14/h2-11,13,20H,12H2,1H3. The number of nitrogens with one attached hydrogen (secondary N) is 1. The van der Waals surface area contributed by atoms with Crippen LogP contribution >= 0.6 is 11.3 Å². The number of benzene rings is 2. The Kier molecular flexibility index (Phi) is 5.39. The summed E-state index contributed by atoms with van der Waals surface area (Å²) < 4.78 is 32.5. The third-order valence-electron chi connectivity index (χ3n) is 3.72. The van der Waals surface area contributed by atoms with Gasteiger partial charge < -0.3 is 4.74 Å². The third-order valence-corrected chi connectivity index (χ3v) is 6.17. The molecular weight excluding hydrogens is 370 g/mol. The Labute approximate surface area is 156 Å². The Morgan fingerprint density at radius 1 is 1.04 bits per heavy atom. The van der Waals surface area contributed by atoms with Gasteiger partial charge in [0.25, 0.3) is 10.0 Å². The van der Waals surface area contributed by atoms with Crippen LogP contribution in [0.2, 0.25) is 0 Å². The average Bonchev–Trinajstić information content (AvgIpc) is 3.13. The Balaban J connectivity index is 1.83. The number of thiophene rings is 1. The first kappa shape index (κ1) is 18.2. The molecular formula is C19H17NO4S2. The van der Waals surface area contributed by atoms with Gasteiger partial charge in [-0.2, -0.15) is 0 Å². The second kappa shape index (κ2) is 7.72. The molecule has 1 aromatic heterocycles. The van der Waals surface area contributed by atoms with Gasteiger partial charge in [0.15, 0.2) is 0 Å². The zero-order chi connectivity index (χ0) is 18.6. The molecule has 3 rings (SSSR count). The summed E-state index contributed by atoms with van der Waals surface area (Å²) >= 11 is 1.03. The maximum atomic E-state index is 12.7. The van der Waals surface area contributed by atoms with Gasteiger partial charge in [0.05, 0.1) is 7.11 Å². The summed E-state index contributed by atoms with van der Waals surface area (Å²) in [7, 11) is -2.66. The molecule has 5 nitrogen and oxygen atoms in total. The van der Waals surface area contributed by atoms with Gasteiger partial charge in [-0.1, -0.05) is 42.5 Å². The molecule has 0 aliphatic heterocycles. The fourth-order valence-corrected chi connectivity index (χ4v) is 4.92. The van der Waals surface area contributed by atoms with Crippen LogP contribution in [-0.4, -0.2) is 21.5 Å². The van der Waals surface area contributed by atoms with Gasteiger partial charge in [0, 0.05) is 5.69 Å². The molecule has 1 heterocycles. The highest BCUT2D eigenvalue weighted by Crippen LogP contribution is 2.25. The van der Waals surface area contributed by atoms with Gasteiger partial charge in [-0.3, -0.25) is 4.72 Å². The molecule has 0 radical (unpaired) electrons. The smallest absolute Gasteiger partial charge is 0.349 e. The number of anilines is 1. The van der Waals surface area contributed by atoms with Crippen molar-refractivity contribution in [2.45, 2.75) is 11.3 Å². The van der Waals surface area contributed by atoms with Crippen LogP contribution in [-0.2, 0) is 21.2 Å². The summed E-state index contributed by atoms with van der Waals surface area (Å²) in [6, 6.07) is 18.5. The number of ether oxygens (including phenoxy) is 1. The van der Waals surface area contributed by atoms with E-state index in [4.69, 9.17) is 0 Å². The number of rotatable bonds is 6. The highest BCUT2D eigenvalue weighted by Gasteiger charge is 2.24. The normalized spacial score (nSPS) is 11.1. The van der Waals surface area contributed by atoms with E-state index in [9.17, 15) is 13.2 Å². The van der Waals surface area contributed by atoms with E-state index >= 15 is 0 Å². The number of methoxy groups -OCH3 is 1. The second-order valence-electron chi connectivity index (χ2n) is 5.57. The zero-order valence-electron chi connectivity index (χ0n) is 14.0. The molecule has 0 amide bonds. The molecule has 0 bridgehead atoms. The van der Waals surface area contributed by atoms with Crippen molar-refractivity contribution in [1.29, 1.82) is 0 Å². The number of hydrogen-bond acceptors (Lipinski definition) is 5. The molecule has 7 heteroatoms. The van der Waals surface area contributed by atoms with Crippen LogP contribution in [0.4, 0.5) is 5.69 Å². The fourth-order valence-electron chi connectivity index (χ4n) is 2.54. The molecule has 0 unspecified atom stereocenters. The molecule has 134 valence electrons. The topological polar surface area (TPSA) is 72.5 Å². The van der Waals surface area contributed by atoms with Crippen molar-refractivity contribution in [2.24, 2.45) is 0 Å². The molecule has 0 spiro atoms. The number of hydrogen-bond donors (Lipinski definition) is 1. The molecule has 3 aromatic rings. The first-order chi connectivity index (χ1) is 12.5. The van der Waals surface area contributed by atoms with Gasteiger partial charge in [0.1, 0.15) is 9.77 Å². The van der Waals surface area contributed by atoms with E-state index in [1.165, 1.54) is 13.2 Å². The fraction of sp³-hybridized carbons (Fsp3) is 0.105. The molecule has 0 aliphatic rings. The molecule has 26 heavy (non-hydrogen) atoms. The first-order valence-corrected chi connectivity index (χ1v) is 10.2. The summed E-state index contributed by atoms with van der Waals surface area (Å²) in [6.07, 6.45) is 0.697. The SMILES string of the molecule is COC(=O)c1sccc1S(=O)(=O)Nc1cccc(Cc2ccccc2)c1. The summed E-state index contributed by atoms with van der Waals surface area (Å²) in [6.45, 7) is 0. The van der Waals surface area contributed by atoms with Crippen LogP contribution < -0.4 is 4.72 Å². The van der Waals surface area contributed by atoms with Crippen LogP contribution in [0.15, 0.2) is 70.9 Å². The highest BCUT2D eigenvalue weighted by molar-refractivity contribution is 7.93. The van der Waals surface area contributed by atoms with Crippen molar-refractivity contribution in [3.05, 3.63) is 82.0 Å². The van der Waals surface area contributed by atoms with Crippen molar-refractivity contribution >= 4 is 33.0 Å². The number of carbonyl (C=O) groups is 1. The maximum absolute atomic E-state index is 12.7. The molecule has 0 fully saturated rings. The molecule has 0 atom stereocenters. The van der Waals surface area contributed by atoms with Crippen molar-refractivity contribution in [2.75, 3.05) is 11.8 Å². The van der Waals surface area contributed by atoms with E-state index < -0.39 is 16.0 Å². The van der Waals surface area contributed by atoms with Crippen LogP contribution in [0.5, 0.6) is 0 Å². The van der Waals surface area contributed by atoms with Gasteiger partial charge in [0.2, 0.25) is 0 Å². The minimum atomic E-state index is -3.89. The molecule has 2 aromatic carbocycles. The van der Waals surface area contributed by atoms with Crippen molar-refractivity contribution in [1.82, 2.24) is 0 Å². The van der Waals surface area contributed by atoms with Crippen LogP contribution in [0, 0.1) is 0 Å².